The second-order valence-electron chi connectivity index (χ2n) is 8.03. The van der Waals surface area contributed by atoms with Crippen molar-refractivity contribution in [1.82, 2.24) is 15.3 Å². The molecular weight excluding hydrogens is 449 g/mol. The predicted molar refractivity (Wildman–Crippen MR) is 132 cm³/mol. The van der Waals surface area contributed by atoms with Crippen molar-refractivity contribution in [1.29, 1.82) is 0 Å². The molecule has 3 amide bonds. The number of pyridine rings is 1. The molecular formula is C26H24FN5O3. The van der Waals surface area contributed by atoms with Gasteiger partial charge in [0.2, 0.25) is 5.91 Å². The van der Waals surface area contributed by atoms with Gasteiger partial charge >= 0.3 is 6.03 Å². The van der Waals surface area contributed by atoms with Crippen molar-refractivity contribution < 1.29 is 18.8 Å². The molecule has 8 nitrogen and oxygen atoms in total. The molecule has 0 bridgehead atoms. The molecule has 178 valence electrons. The van der Waals surface area contributed by atoms with Crippen LogP contribution in [0, 0.1) is 5.82 Å². The number of aromatic nitrogens is 2. The number of carbonyl (C=O) groups is 3. The Morgan fingerprint density at radius 3 is 2.66 bits per heavy atom. The standard InChI is InChI=1S/C26H24FN5O3/c1-2-3-9-29-26(35)32-18-7-8-22(27)20(12-18)23(33)21-14-31-25-19(21)11-17(13-30-25)15-5-4-6-16(10-15)24(28)34/h4-8,10-14H,2-3,9H2,1H3,(H2,28,34)(H,30,31)(H2,29,32,35). The van der Waals surface area contributed by atoms with Crippen LogP contribution in [0.3, 0.4) is 0 Å². The molecule has 2 heterocycles. The Labute approximate surface area is 200 Å². The number of carbonyl (C=O) groups excluding carboxylic acids is 3. The van der Waals surface area contributed by atoms with Crippen LogP contribution in [-0.2, 0) is 0 Å². The van der Waals surface area contributed by atoms with E-state index >= 15 is 0 Å². The van der Waals surface area contributed by atoms with E-state index in [1.165, 1.54) is 18.3 Å². The fourth-order valence-electron chi connectivity index (χ4n) is 3.68. The van der Waals surface area contributed by atoms with Crippen LogP contribution in [0.1, 0.15) is 46.0 Å². The van der Waals surface area contributed by atoms with Crippen molar-refractivity contribution in [3.8, 4) is 11.1 Å². The quantitative estimate of drug-likeness (QED) is 0.220. The van der Waals surface area contributed by atoms with E-state index in [1.807, 2.05) is 6.92 Å². The molecule has 2 aromatic carbocycles. The summed E-state index contributed by atoms with van der Waals surface area (Å²) in [7, 11) is 0. The van der Waals surface area contributed by atoms with E-state index in [9.17, 15) is 18.8 Å². The molecule has 0 aliphatic heterocycles. The second kappa shape index (κ2) is 10.2. The SMILES string of the molecule is CCCCNC(=O)Nc1ccc(F)c(C(=O)c2c[nH]c3ncc(-c4cccc(C(N)=O)c4)cc23)c1. The van der Waals surface area contributed by atoms with Crippen molar-refractivity contribution in [3.63, 3.8) is 0 Å². The van der Waals surface area contributed by atoms with Crippen LogP contribution in [0.5, 0.6) is 0 Å². The molecule has 0 spiro atoms. The Balaban J connectivity index is 1.65. The van der Waals surface area contributed by atoms with Gasteiger partial charge in [0.25, 0.3) is 0 Å². The molecule has 0 saturated carbocycles. The van der Waals surface area contributed by atoms with Gasteiger partial charge in [-0.1, -0.05) is 25.5 Å². The van der Waals surface area contributed by atoms with Gasteiger partial charge in [-0.3, -0.25) is 9.59 Å². The number of amides is 3. The highest BCUT2D eigenvalue weighted by Gasteiger charge is 2.20. The van der Waals surface area contributed by atoms with E-state index in [0.29, 0.717) is 40.0 Å². The Bertz CT molecular complexity index is 1430. The monoisotopic (exact) mass is 473 g/mol. The summed E-state index contributed by atoms with van der Waals surface area (Å²) in [6.45, 7) is 2.53. The lowest BCUT2D eigenvalue weighted by molar-refractivity contribution is 0.0998. The van der Waals surface area contributed by atoms with Gasteiger partial charge in [0, 0.05) is 46.7 Å². The highest BCUT2D eigenvalue weighted by molar-refractivity contribution is 6.16. The van der Waals surface area contributed by atoms with Gasteiger partial charge in [0.05, 0.1) is 5.56 Å². The fourth-order valence-corrected chi connectivity index (χ4v) is 3.68. The molecule has 0 fully saturated rings. The molecule has 0 aliphatic carbocycles. The van der Waals surface area contributed by atoms with E-state index in [0.717, 1.165) is 18.9 Å². The number of hydrogen-bond donors (Lipinski definition) is 4. The molecule has 0 saturated heterocycles. The van der Waals surface area contributed by atoms with Gasteiger partial charge in [-0.25, -0.2) is 14.2 Å². The Morgan fingerprint density at radius 2 is 1.89 bits per heavy atom. The number of unbranched alkanes of at least 4 members (excludes halogenated alkanes) is 1. The Hall–Kier alpha value is -4.53. The smallest absolute Gasteiger partial charge is 0.319 e. The Morgan fingerprint density at radius 1 is 1.06 bits per heavy atom. The van der Waals surface area contributed by atoms with Crippen LogP contribution >= 0.6 is 0 Å². The minimum Gasteiger partial charge on any atom is -0.366 e. The maximum atomic E-state index is 14.6. The number of nitrogens with two attached hydrogens (primary N) is 1. The third kappa shape index (κ3) is 5.19. The molecule has 0 atom stereocenters. The minimum atomic E-state index is -0.709. The summed E-state index contributed by atoms with van der Waals surface area (Å²) in [6, 6.07) is 11.9. The second-order valence-corrected chi connectivity index (χ2v) is 8.03. The van der Waals surface area contributed by atoms with E-state index in [-0.39, 0.29) is 11.1 Å². The van der Waals surface area contributed by atoms with Crippen LogP contribution in [0.4, 0.5) is 14.9 Å². The Kier molecular flexibility index (Phi) is 6.86. The van der Waals surface area contributed by atoms with Crippen molar-refractivity contribution in [2.45, 2.75) is 19.8 Å². The van der Waals surface area contributed by atoms with Gasteiger partial charge < -0.3 is 21.4 Å². The molecule has 4 aromatic rings. The average molecular weight is 474 g/mol. The first-order valence-electron chi connectivity index (χ1n) is 11.1. The average Bonchev–Trinajstić information content (AvgIpc) is 3.28. The number of benzene rings is 2. The van der Waals surface area contributed by atoms with Crippen molar-refractivity contribution in [2.24, 2.45) is 5.73 Å². The number of nitrogens with one attached hydrogen (secondary N) is 3. The highest BCUT2D eigenvalue weighted by Crippen LogP contribution is 2.28. The largest absolute Gasteiger partial charge is 0.366 e. The molecule has 0 radical (unpaired) electrons. The van der Waals surface area contributed by atoms with Gasteiger partial charge in [0.15, 0.2) is 5.78 Å². The summed E-state index contributed by atoms with van der Waals surface area (Å²) >= 11 is 0. The topological polar surface area (TPSA) is 130 Å². The highest BCUT2D eigenvalue weighted by atomic mass is 19.1. The van der Waals surface area contributed by atoms with E-state index in [1.54, 1.807) is 36.5 Å². The molecule has 0 aliphatic rings. The van der Waals surface area contributed by atoms with Crippen LogP contribution in [0.2, 0.25) is 0 Å². The zero-order chi connectivity index (χ0) is 24.9. The number of aromatic amines is 1. The van der Waals surface area contributed by atoms with Crippen LogP contribution in [-0.4, -0.2) is 34.2 Å². The van der Waals surface area contributed by atoms with Crippen molar-refractivity contribution in [3.05, 3.63) is 83.4 Å². The summed E-state index contributed by atoms with van der Waals surface area (Å²) in [6.07, 6.45) is 4.85. The number of hydrogen-bond acceptors (Lipinski definition) is 4. The molecule has 5 N–H and O–H groups in total. The third-order valence-corrected chi connectivity index (χ3v) is 5.54. The van der Waals surface area contributed by atoms with Crippen molar-refractivity contribution >= 4 is 34.4 Å². The van der Waals surface area contributed by atoms with E-state index in [4.69, 9.17) is 5.73 Å². The summed E-state index contributed by atoms with van der Waals surface area (Å²) in [5.74, 6) is -1.82. The van der Waals surface area contributed by atoms with Crippen molar-refractivity contribution in [2.75, 3.05) is 11.9 Å². The molecule has 4 rings (SSSR count). The molecule has 9 heteroatoms. The maximum Gasteiger partial charge on any atom is 0.319 e. The zero-order valence-corrected chi connectivity index (χ0v) is 19.0. The number of rotatable bonds is 8. The molecule has 2 aromatic heterocycles. The number of primary amides is 1. The number of fused-ring (bicyclic) bond motifs is 1. The van der Waals surface area contributed by atoms with Gasteiger partial charge in [-0.05, 0) is 48.4 Å². The van der Waals surface area contributed by atoms with Gasteiger partial charge in [-0.2, -0.15) is 0 Å². The lowest BCUT2D eigenvalue weighted by Crippen LogP contribution is -2.29. The van der Waals surface area contributed by atoms with Crippen LogP contribution in [0.15, 0.2) is 60.9 Å². The summed E-state index contributed by atoms with van der Waals surface area (Å²) in [4.78, 5) is 44.2. The van der Waals surface area contributed by atoms with Gasteiger partial charge in [-0.15, -0.1) is 0 Å². The van der Waals surface area contributed by atoms with E-state index in [2.05, 4.69) is 20.6 Å². The predicted octanol–water partition coefficient (Wildman–Crippen LogP) is 4.62. The summed E-state index contributed by atoms with van der Waals surface area (Å²) in [5.41, 5.74) is 7.88. The number of urea groups is 1. The maximum absolute atomic E-state index is 14.6. The fraction of sp³-hybridized carbons (Fsp3) is 0.154. The number of nitrogens with zero attached hydrogens (tertiary/aromatic N) is 1. The lowest BCUT2D eigenvalue weighted by atomic mass is 9.99. The van der Waals surface area contributed by atoms with Crippen LogP contribution < -0.4 is 16.4 Å². The number of halogens is 1. The number of ketones is 1. The van der Waals surface area contributed by atoms with Crippen LogP contribution in [0.25, 0.3) is 22.2 Å². The number of H-pyrrole nitrogens is 1. The zero-order valence-electron chi connectivity index (χ0n) is 19.0. The normalized spacial score (nSPS) is 10.8. The first kappa shape index (κ1) is 23.6. The first-order chi connectivity index (χ1) is 16.9. The van der Waals surface area contributed by atoms with Gasteiger partial charge in [0.1, 0.15) is 11.5 Å². The molecule has 0 unspecified atom stereocenters. The molecule has 35 heavy (non-hydrogen) atoms. The number of anilines is 1. The summed E-state index contributed by atoms with van der Waals surface area (Å²) < 4.78 is 14.6. The third-order valence-electron chi connectivity index (χ3n) is 5.54. The minimum absolute atomic E-state index is 0.182. The summed E-state index contributed by atoms with van der Waals surface area (Å²) in [5, 5.41) is 5.83. The lowest BCUT2D eigenvalue weighted by Gasteiger charge is -2.09. The first-order valence-corrected chi connectivity index (χ1v) is 11.1. The van der Waals surface area contributed by atoms with E-state index < -0.39 is 23.5 Å².